The Labute approximate surface area is 152 Å². The average molecular weight is 351 g/mol. The standard InChI is InChI=1S/C20H33NO4/c1-14(2)10-16-12-18(24-7)15(11-17(16)13-23-6)8-9-21-19(22)25-20(3,4)5/h11-12,14H,8-10,13H2,1-7H3,(H,21,22). The Balaban J connectivity index is 2.84. The highest BCUT2D eigenvalue weighted by molar-refractivity contribution is 5.67. The van der Waals surface area contributed by atoms with Crippen LogP contribution in [0.5, 0.6) is 5.75 Å². The molecular formula is C20H33NO4. The third kappa shape index (κ3) is 7.78. The number of nitrogens with one attached hydrogen (secondary N) is 1. The maximum Gasteiger partial charge on any atom is 0.407 e. The molecule has 1 aromatic carbocycles. The van der Waals surface area contributed by atoms with Crippen LogP contribution in [0, 0.1) is 5.92 Å². The van der Waals surface area contributed by atoms with Crippen molar-refractivity contribution in [2.75, 3.05) is 20.8 Å². The molecule has 0 fully saturated rings. The number of alkyl carbamates (subject to hydrolysis) is 1. The van der Waals surface area contributed by atoms with Gasteiger partial charge in [0.05, 0.1) is 13.7 Å². The summed E-state index contributed by atoms with van der Waals surface area (Å²) >= 11 is 0. The van der Waals surface area contributed by atoms with Crippen molar-refractivity contribution in [2.24, 2.45) is 5.92 Å². The summed E-state index contributed by atoms with van der Waals surface area (Å²) in [4.78, 5) is 11.8. The van der Waals surface area contributed by atoms with Gasteiger partial charge in [-0.2, -0.15) is 0 Å². The summed E-state index contributed by atoms with van der Waals surface area (Å²) in [5.74, 6) is 1.40. The summed E-state index contributed by atoms with van der Waals surface area (Å²) in [5, 5.41) is 2.79. The molecule has 1 aromatic rings. The van der Waals surface area contributed by atoms with Crippen molar-refractivity contribution < 1.29 is 19.0 Å². The van der Waals surface area contributed by atoms with E-state index >= 15 is 0 Å². The maximum absolute atomic E-state index is 11.8. The van der Waals surface area contributed by atoms with Crippen LogP contribution in [0.4, 0.5) is 4.79 Å². The second kappa shape index (κ2) is 9.66. The fourth-order valence-corrected chi connectivity index (χ4v) is 2.64. The molecule has 0 saturated heterocycles. The molecule has 25 heavy (non-hydrogen) atoms. The molecule has 0 atom stereocenters. The van der Waals surface area contributed by atoms with Crippen molar-refractivity contribution in [1.82, 2.24) is 5.32 Å². The molecule has 0 bridgehead atoms. The molecule has 0 aliphatic carbocycles. The monoisotopic (exact) mass is 351 g/mol. The van der Waals surface area contributed by atoms with Crippen LogP contribution >= 0.6 is 0 Å². The van der Waals surface area contributed by atoms with Crippen LogP contribution in [0.25, 0.3) is 0 Å². The summed E-state index contributed by atoms with van der Waals surface area (Å²) in [6.45, 7) is 11.0. The van der Waals surface area contributed by atoms with Gasteiger partial charge in [0.2, 0.25) is 0 Å². The highest BCUT2D eigenvalue weighted by Gasteiger charge is 2.16. The van der Waals surface area contributed by atoms with Gasteiger partial charge in [0.15, 0.2) is 0 Å². The van der Waals surface area contributed by atoms with Gasteiger partial charge >= 0.3 is 6.09 Å². The van der Waals surface area contributed by atoms with Gasteiger partial charge in [-0.25, -0.2) is 4.79 Å². The van der Waals surface area contributed by atoms with Crippen molar-refractivity contribution in [3.63, 3.8) is 0 Å². The van der Waals surface area contributed by atoms with E-state index in [1.165, 1.54) is 11.1 Å². The van der Waals surface area contributed by atoms with Crippen molar-refractivity contribution in [3.8, 4) is 5.75 Å². The number of hydrogen-bond donors (Lipinski definition) is 1. The molecule has 1 N–H and O–H groups in total. The highest BCUT2D eigenvalue weighted by Crippen LogP contribution is 2.26. The Morgan fingerprint density at radius 3 is 2.32 bits per heavy atom. The molecule has 1 amide bonds. The van der Waals surface area contributed by atoms with E-state index in [0.29, 0.717) is 25.5 Å². The van der Waals surface area contributed by atoms with Crippen molar-refractivity contribution >= 4 is 6.09 Å². The van der Waals surface area contributed by atoms with E-state index < -0.39 is 11.7 Å². The molecule has 0 unspecified atom stereocenters. The van der Waals surface area contributed by atoms with Crippen LogP contribution < -0.4 is 10.1 Å². The Morgan fingerprint density at radius 1 is 1.12 bits per heavy atom. The third-order valence-corrected chi connectivity index (χ3v) is 3.59. The van der Waals surface area contributed by atoms with Gasteiger partial charge in [0.1, 0.15) is 11.4 Å². The van der Waals surface area contributed by atoms with Crippen molar-refractivity contribution in [3.05, 3.63) is 28.8 Å². The normalized spacial score (nSPS) is 11.5. The highest BCUT2D eigenvalue weighted by atomic mass is 16.6. The number of methoxy groups -OCH3 is 2. The quantitative estimate of drug-likeness (QED) is 0.766. The lowest BCUT2D eigenvalue weighted by Crippen LogP contribution is -2.33. The molecule has 0 aliphatic heterocycles. The predicted molar refractivity (Wildman–Crippen MR) is 100 cm³/mol. The van der Waals surface area contributed by atoms with Crippen LogP contribution in [0.1, 0.15) is 51.3 Å². The molecule has 0 radical (unpaired) electrons. The molecule has 0 spiro atoms. The van der Waals surface area contributed by atoms with Crippen LogP contribution in [0.15, 0.2) is 12.1 Å². The lowest BCUT2D eigenvalue weighted by atomic mass is 9.95. The van der Waals surface area contributed by atoms with E-state index in [2.05, 4.69) is 31.3 Å². The molecule has 1 rings (SSSR count). The lowest BCUT2D eigenvalue weighted by molar-refractivity contribution is 0.0528. The molecule has 0 aromatic heterocycles. The summed E-state index contributed by atoms with van der Waals surface area (Å²) in [6, 6.07) is 4.22. The van der Waals surface area contributed by atoms with Crippen LogP contribution in [0.2, 0.25) is 0 Å². The molecule has 5 nitrogen and oxygen atoms in total. The fraction of sp³-hybridized carbons (Fsp3) is 0.650. The first-order valence-corrected chi connectivity index (χ1v) is 8.80. The fourth-order valence-electron chi connectivity index (χ4n) is 2.64. The lowest BCUT2D eigenvalue weighted by Gasteiger charge is -2.20. The summed E-state index contributed by atoms with van der Waals surface area (Å²) in [5.41, 5.74) is 2.98. The Bertz CT molecular complexity index is 562. The third-order valence-electron chi connectivity index (χ3n) is 3.59. The van der Waals surface area contributed by atoms with E-state index in [4.69, 9.17) is 14.2 Å². The first kappa shape index (κ1) is 21.3. The van der Waals surface area contributed by atoms with Gasteiger partial charge in [0, 0.05) is 13.7 Å². The summed E-state index contributed by atoms with van der Waals surface area (Å²) in [6.07, 6.45) is 1.24. The van der Waals surface area contributed by atoms with E-state index in [1.54, 1.807) is 14.2 Å². The minimum Gasteiger partial charge on any atom is -0.496 e. The van der Waals surface area contributed by atoms with Crippen LogP contribution in [-0.4, -0.2) is 32.5 Å². The Kier molecular flexibility index (Phi) is 8.23. The second-order valence-corrected chi connectivity index (χ2v) is 7.64. The molecule has 0 heterocycles. The topological polar surface area (TPSA) is 56.8 Å². The van der Waals surface area contributed by atoms with E-state index in [-0.39, 0.29) is 0 Å². The van der Waals surface area contributed by atoms with Crippen molar-refractivity contribution in [2.45, 2.75) is 59.7 Å². The largest absolute Gasteiger partial charge is 0.496 e. The van der Waals surface area contributed by atoms with Crippen molar-refractivity contribution in [1.29, 1.82) is 0 Å². The first-order valence-electron chi connectivity index (χ1n) is 8.80. The van der Waals surface area contributed by atoms with Crippen LogP contribution in [0.3, 0.4) is 0 Å². The minimum atomic E-state index is -0.494. The van der Waals surface area contributed by atoms with Gasteiger partial charge in [-0.05, 0) is 68.4 Å². The second-order valence-electron chi connectivity index (χ2n) is 7.64. The van der Waals surface area contributed by atoms with E-state index in [1.807, 2.05) is 20.8 Å². The minimum absolute atomic E-state index is 0.403. The van der Waals surface area contributed by atoms with E-state index in [9.17, 15) is 4.79 Å². The molecule has 0 saturated carbocycles. The van der Waals surface area contributed by atoms with Gasteiger partial charge in [0.25, 0.3) is 0 Å². The number of carbonyl (C=O) groups excluding carboxylic acids is 1. The Morgan fingerprint density at radius 2 is 1.80 bits per heavy atom. The number of benzene rings is 1. The molecule has 0 aliphatic rings. The number of ether oxygens (including phenoxy) is 3. The molecule has 142 valence electrons. The first-order chi connectivity index (χ1) is 11.7. The molecule has 5 heteroatoms. The van der Waals surface area contributed by atoms with Gasteiger partial charge < -0.3 is 19.5 Å². The Hall–Kier alpha value is -1.75. The summed E-state index contributed by atoms with van der Waals surface area (Å²) < 4.78 is 16.2. The van der Waals surface area contributed by atoms with Gasteiger partial charge in [-0.3, -0.25) is 0 Å². The predicted octanol–water partition coefficient (Wildman–Crippen LogP) is 4.11. The zero-order valence-electron chi connectivity index (χ0n) is 16.7. The van der Waals surface area contributed by atoms with Gasteiger partial charge in [-0.15, -0.1) is 0 Å². The maximum atomic E-state index is 11.8. The zero-order valence-corrected chi connectivity index (χ0v) is 16.7. The van der Waals surface area contributed by atoms with Crippen LogP contribution in [-0.2, 0) is 28.9 Å². The smallest absolute Gasteiger partial charge is 0.407 e. The summed E-state index contributed by atoms with van der Waals surface area (Å²) in [7, 11) is 3.38. The average Bonchev–Trinajstić information content (AvgIpc) is 2.47. The van der Waals surface area contributed by atoms with Gasteiger partial charge in [-0.1, -0.05) is 13.8 Å². The van der Waals surface area contributed by atoms with E-state index in [0.717, 1.165) is 17.7 Å². The number of carbonyl (C=O) groups is 1. The molecular weight excluding hydrogens is 318 g/mol. The number of rotatable bonds is 8. The number of amides is 1. The zero-order chi connectivity index (χ0) is 19.0. The number of hydrogen-bond acceptors (Lipinski definition) is 4. The SMILES string of the molecule is COCc1cc(CCNC(=O)OC(C)(C)C)c(OC)cc1CC(C)C.